The first-order valence-electron chi connectivity index (χ1n) is 11.4. The normalized spacial score (nSPS) is 12.1. The van der Waals surface area contributed by atoms with Crippen LogP contribution in [0.3, 0.4) is 0 Å². The number of carbonyl (C=O) groups is 3. The fourth-order valence-electron chi connectivity index (χ4n) is 4.06. The van der Waals surface area contributed by atoms with E-state index in [-0.39, 0.29) is 46.0 Å². The lowest BCUT2D eigenvalue weighted by molar-refractivity contribution is 0.0498. The van der Waals surface area contributed by atoms with Crippen LogP contribution in [0.15, 0.2) is 54.6 Å². The summed E-state index contributed by atoms with van der Waals surface area (Å²) in [6, 6.07) is 14.5. The molecule has 0 saturated heterocycles. The number of nitrogens with two attached hydrogens (primary N) is 2. The number of benzene rings is 3. The fourth-order valence-corrected chi connectivity index (χ4v) is 4.06. The quantitative estimate of drug-likeness (QED) is 0.142. The van der Waals surface area contributed by atoms with E-state index in [2.05, 4.69) is 0 Å². The number of esters is 1. The number of hydrogen-bond acceptors (Lipinski definition) is 8. The number of anilines is 2. The van der Waals surface area contributed by atoms with Gasteiger partial charge in [0.1, 0.15) is 11.5 Å². The lowest BCUT2D eigenvalue weighted by atomic mass is 9.82. The average Bonchev–Trinajstić information content (AvgIpc) is 2.86. The summed E-state index contributed by atoms with van der Waals surface area (Å²) >= 11 is 0. The van der Waals surface area contributed by atoms with Crippen LogP contribution in [-0.2, 0) is 4.74 Å². The van der Waals surface area contributed by atoms with Gasteiger partial charge in [0.2, 0.25) is 0 Å². The Balaban J connectivity index is 1.27. The number of carbonyl (C=O) groups excluding carboxylic acids is 3. The van der Waals surface area contributed by atoms with Gasteiger partial charge < -0.3 is 26.0 Å². The van der Waals surface area contributed by atoms with Gasteiger partial charge in [0.25, 0.3) is 0 Å². The molecule has 0 spiro atoms. The zero-order valence-corrected chi connectivity index (χ0v) is 19.1. The number of phenolic OH excluding ortho intramolecular Hbond substituents is 1. The smallest absolute Gasteiger partial charge is 0.340 e. The van der Waals surface area contributed by atoms with Gasteiger partial charge in [0.05, 0.1) is 35.6 Å². The van der Waals surface area contributed by atoms with Crippen molar-refractivity contribution in [3.8, 4) is 11.5 Å². The first-order chi connectivity index (χ1) is 16.9. The zero-order chi connectivity index (χ0) is 24.9. The molecule has 0 aromatic heterocycles. The maximum Gasteiger partial charge on any atom is 0.340 e. The van der Waals surface area contributed by atoms with E-state index in [4.69, 9.17) is 20.9 Å². The Hall–Kier alpha value is -4.33. The highest BCUT2D eigenvalue weighted by Gasteiger charge is 2.35. The van der Waals surface area contributed by atoms with Crippen molar-refractivity contribution in [3.63, 3.8) is 0 Å². The highest BCUT2D eigenvalue weighted by molar-refractivity contribution is 6.31. The van der Waals surface area contributed by atoms with Gasteiger partial charge in [-0.2, -0.15) is 0 Å². The van der Waals surface area contributed by atoms with Crippen LogP contribution in [0.4, 0.5) is 11.4 Å². The van der Waals surface area contributed by atoms with Crippen LogP contribution >= 0.6 is 0 Å². The molecule has 1 aliphatic carbocycles. The number of phenols is 1. The van der Waals surface area contributed by atoms with E-state index >= 15 is 0 Å². The summed E-state index contributed by atoms with van der Waals surface area (Å²) in [5, 5.41) is 10.5. The second kappa shape index (κ2) is 10.3. The van der Waals surface area contributed by atoms with E-state index in [1.807, 2.05) is 0 Å². The molecule has 180 valence electrons. The summed E-state index contributed by atoms with van der Waals surface area (Å²) in [5.41, 5.74) is 13.1. The standard InChI is InChI=1S/C27H26N2O6/c28-19-12-6-5-11-18(19)27(33)35-14-8-2-1-7-13-34-21-15-20(30)22-23(24(21)29)26(32)17-10-4-3-9-16(17)25(22)31/h3-6,9-12,15,30H,1-2,7-8,13-14,28-29H2. The van der Waals surface area contributed by atoms with Gasteiger partial charge in [0.15, 0.2) is 11.6 Å². The summed E-state index contributed by atoms with van der Waals surface area (Å²) in [6.07, 6.45) is 3.01. The van der Waals surface area contributed by atoms with Gasteiger partial charge in [-0.15, -0.1) is 0 Å². The molecule has 0 heterocycles. The van der Waals surface area contributed by atoms with Crippen molar-refractivity contribution >= 4 is 28.9 Å². The molecule has 0 radical (unpaired) electrons. The lowest BCUT2D eigenvalue weighted by Gasteiger charge is -2.21. The minimum Gasteiger partial charge on any atom is -0.507 e. The van der Waals surface area contributed by atoms with Gasteiger partial charge in [-0.05, 0) is 37.8 Å². The van der Waals surface area contributed by atoms with Gasteiger partial charge >= 0.3 is 5.97 Å². The van der Waals surface area contributed by atoms with Crippen LogP contribution in [0.25, 0.3) is 0 Å². The highest BCUT2D eigenvalue weighted by Crippen LogP contribution is 2.41. The van der Waals surface area contributed by atoms with Crippen molar-refractivity contribution in [2.24, 2.45) is 0 Å². The molecule has 8 heteroatoms. The molecule has 3 aromatic rings. The number of unbranched alkanes of at least 4 members (excludes halogenated alkanes) is 3. The second-order valence-corrected chi connectivity index (χ2v) is 8.25. The molecule has 3 aromatic carbocycles. The Morgan fingerprint density at radius 3 is 2.09 bits per heavy atom. The number of nitrogen functional groups attached to an aromatic ring is 2. The van der Waals surface area contributed by atoms with Crippen molar-refractivity contribution in [1.82, 2.24) is 0 Å². The van der Waals surface area contributed by atoms with E-state index in [0.717, 1.165) is 12.8 Å². The largest absolute Gasteiger partial charge is 0.507 e. The van der Waals surface area contributed by atoms with Crippen LogP contribution < -0.4 is 16.2 Å². The molecule has 0 saturated carbocycles. The molecule has 4 rings (SSSR count). The number of rotatable bonds is 9. The maximum absolute atomic E-state index is 13.0. The summed E-state index contributed by atoms with van der Waals surface area (Å²) in [6.45, 7) is 0.596. The Morgan fingerprint density at radius 2 is 1.40 bits per heavy atom. The third kappa shape index (κ3) is 4.82. The minimum atomic E-state index is -0.443. The van der Waals surface area contributed by atoms with Crippen LogP contribution in [0.1, 0.15) is 67.9 Å². The molecule has 0 atom stereocenters. The number of ether oxygens (including phenoxy) is 2. The van der Waals surface area contributed by atoms with Gasteiger partial charge in [-0.1, -0.05) is 36.4 Å². The van der Waals surface area contributed by atoms with Crippen LogP contribution in [-0.4, -0.2) is 35.9 Å². The summed E-state index contributed by atoms with van der Waals surface area (Å²) in [7, 11) is 0. The molecule has 35 heavy (non-hydrogen) atoms. The molecule has 0 amide bonds. The Kier molecular flexibility index (Phi) is 7.01. The number of fused-ring (bicyclic) bond motifs is 2. The summed E-state index contributed by atoms with van der Waals surface area (Å²) < 4.78 is 11.0. The van der Waals surface area contributed by atoms with Crippen LogP contribution in [0.2, 0.25) is 0 Å². The van der Waals surface area contributed by atoms with Crippen molar-refractivity contribution in [1.29, 1.82) is 0 Å². The molecule has 0 bridgehead atoms. The van der Waals surface area contributed by atoms with Gasteiger partial charge in [0, 0.05) is 22.9 Å². The van der Waals surface area contributed by atoms with E-state index in [0.29, 0.717) is 30.7 Å². The Labute approximate surface area is 202 Å². The third-order valence-electron chi connectivity index (χ3n) is 5.89. The lowest BCUT2D eigenvalue weighted by Crippen LogP contribution is -2.23. The predicted molar refractivity (Wildman–Crippen MR) is 131 cm³/mol. The van der Waals surface area contributed by atoms with Crippen molar-refractivity contribution in [2.75, 3.05) is 24.7 Å². The molecular formula is C27H26N2O6. The summed E-state index contributed by atoms with van der Waals surface area (Å²) in [5.74, 6) is -1.47. The van der Waals surface area contributed by atoms with Gasteiger partial charge in [-0.3, -0.25) is 9.59 Å². The van der Waals surface area contributed by atoms with Gasteiger partial charge in [-0.25, -0.2) is 4.79 Å². The van der Waals surface area contributed by atoms with Crippen molar-refractivity contribution < 1.29 is 29.0 Å². The van der Waals surface area contributed by atoms with E-state index in [1.54, 1.807) is 48.5 Å². The van der Waals surface area contributed by atoms with E-state index < -0.39 is 17.5 Å². The average molecular weight is 475 g/mol. The van der Waals surface area contributed by atoms with Crippen LogP contribution in [0.5, 0.6) is 11.5 Å². The fraction of sp³-hybridized carbons (Fsp3) is 0.222. The number of para-hydroxylation sites is 1. The number of ketones is 2. The third-order valence-corrected chi connectivity index (χ3v) is 5.89. The molecule has 1 aliphatic rings. The number of aromatic hydroxyl groups is 1. The monoisotopic (exact) mass is 474 g/mol. The Bertz CT molecular complexity index is 1300. The molecule has 0 fully saturated rings. The van der Waals surface area contributed by atoms with Crippen LogP contribution in [0, 0.1) is 0 Å². The molecule has 0 aliphatic heterocycles. The zero-order valence-electron chi connectivity index (χ0n) is 19.1. The molecule has 5 N–H and O–H groups in total. The second-order valence-electron chi connectivity index (χ2n) is 8.25. The highest BCUT2D eigenvalue weighted by atomic mass is 16.5. The Morgan fingerprint density at radius 1 is 0.800 bits per heavy atom. The minimum absolute atomic E-state index is 0.0235. The van der Waals surface area contributed by atoms with E-state index in [9.17, 15) is 19.5 Å². The first-order valence-corrected chi connectivity index (χ1v) is 11.4. The SMILES string of the molecule is Nc1ccccc1C(=O)OCCCCCCOc1cc(O)c2c(c1N)C(=O)c1ccccc1C2=O. The molecular weight excluding hydrogens is 448 g/mol. The summed E-state index contributed by atoms with van der Waals surface area (Å²) in [4.78, 5) is 37.8. The van der Waals surface area contributed by atoms with E-state index in [1.165, 1.54) is 6.07 Å². The van der Waals surface area contributed by atoms with Crippen molar-refractivity contribution in [2.45, 2.75) is 25.7 Å². The maximum atomic E-state index is 13.0. The topological polar surface area (TPSA) is 142 Å². The molecule has 8 nitrogen and oxygen atoms in total. The predicted octanol–water partition coefficient (Wildman–Crippen LogP) is 4.13. The van der Waals surface area contributed by atoms with Crippen molar-refractivity contribution in [3.05, 3.63) is 82.4 Å². The molecule has 0 unspecified atom stereocenters. The first kappa shape index (κ1) is 23.8. The number of hydrogen-bond donors (Lipinski definition) is 3.